The Bertz CT molecular complexity index is 1420. The minimum absolute atomic E-state index is 0.0183. The first-order valence-corrected chi connectivity index (χ1v) is 19.3. The molecule has 2 bridgehead atoms. The fourth-order valence-corrected chi connectivity index (χ4v) is 7.92. The number of ether oxygens (including phenoxy) is 2. The second-order valence-electron chi connectivity index (χ2n) is 16.1. The van der Waals surface area contributed by atoms with Crippen molar-refractivity contribution in [1.29, 1.82) is 0 Å². The highest BCUT2D eigenvalue weighted by atomic mass is 16.5. The monoisotopic (exact) mass is 761 g/mol. The van der Waals surface area contributed by atoms with Crippen LogP contribution in [0, 0.1) is 17.3 Å². The van der Waals surface area contributed by atoms with Crippen LogP contribution in [-0.2, 0) is 38.2 Å². The molecule has 302 valence electrons. The zero-order chi connectivity index (χ0) is 39.7. The Labute approximate surface area is 316 Å². The maximum atomic E-state index is 14.7. The standard InChI is InChI=1S/C37H59N7O10/c1-7-11-24(28(45)33(49)39-22-15-16-22)40-32(48)27-21-14-17-23(18-21)44(27)34(50)29(37(2,3)4)43-31(47)26(20-12-9-8-10-13-20)42-30(46)25(41-36(52)54-6)19-38-35(51)53-5/h20-27,29H,7-19H2,1-6H3,(H,38,51)(H,39,49)(H,40,48)(H,41,52)(H,42,46)(H,43,47)/t21?,23?,24?,25-,26-,27?,29+/m0/s1. The fraction of sp³-hybridized carbons (Fsp3) is 0.784. The molecule has 0 radical (unpaired) electrons. The van der Waals surface area contributed by atoms with Crippen molar-refractivity contribution < 1.29 is 47.8 Å². The van der Waals surface area contributed by atoms with Gasteiger partial charge < -0.3 is 46.3 Å². The van der Waals surface area contributed by atoms with Gasteiger partial charge in [0.2, 0.25) is 29.4 Å². The van der Waals surface area contributed by atoms with Crippen molar-refractivity contribution in [3.05, 3.63) is 0 Å². The summed E-state index contributed by atoms with van der Waals surface area (Å²) in [5, 5.41) is 16.0. The number of fused-ring (bicyclic) bond motifs is 2. The molecule has 0 aromatic carbocycles. The zero-order valence-electron chi connectivity index (χ0n) is 32.4. The number of hydrogen-bond acceptors (Lipinski definition) is 10. The van der Waals surface area contributed by atoms with Crippen LogP contribution in [0.15, 0.2) is 0 Å². The number of alkyl carbamates (subject to hydrolysis) is 2. The smallest absolute Gasteiger partial charge is 0.407 e. The van der Waals surface area contributed by atoms with E-state index < -0.39 is 83.1 Å². The highest BCUT2D eigenvalue weighted by Crippen LogP contribution is 2.44. The van der Waals surface area contributed by atoms with Gasteiger partial charge in [0.1, 0.15) is 24.2 Å². The molecule has 0 aromatic heterocycles. The predicted octanol–water partition coefficient (Wildman–Crippen LogP) is 1.18. The Hall–Kier alpha value is -4.44. The number of rotatable bonds is 16. The van der Waals surface area contributed by atoms with Crippen LogP contribution in [0.3, 0.4) is 0 Å². The number of nitrogens with zero attached hydrogens (tertiary/aromatic N) is 1. The Balaban J connectivity index is 1.55. The number of nitrogens with one attached hydrogen (secondary N) is 6. The number of likely N-dealkylation sites (tertiary alicyclic amines) is 1. The van der Waals surface area contributed by atoms with Gasteiger partial charge in [-0.15, -0.1) is 0 Å². The maximum Gasteiger partial charge on any atom is 0.407 e. The van der Waals surface area contributed by atoms with Gasteiger partial charge in [0.25, 0.3) is 5.91 Å². The first-order valence-electron chi connectivity index (χ1n) is 19.3. The SMILES string of the molecule is CCCC(NC(=O)C1C2CCC(C2)N1C(=O)[C@@H](NC(=O)[C@@H](NC(=O)[C@H](CNC(=O)OC)NC(=O)OC)C1CCCCC1)C(C)(C)C)C(=O)C(=O)NC1CC1. The lowest BCUT2D eigenvalue weighted by Crippen LogP contribution is -2.64. The number of piperidine rings is 1. The van der Waals surface area contributed by atoms with Gasteiger partial charge >= 0.3 is 12.2 Å². The molecule has 3 saturated carbocycles. The summed E-state index contributed by atoms with van der Waals surface area (Å²) < 4.78 is 9.25. The minimum atomic E-state index is -1.32. The van der Waals surface area contributed by atoms with Gasteiger partial charge in [0.05, 0.1) is 26.8 Å². The molecule has 1 heterocycles. The Morgan fingerprint density at radius 3 is 2.02 bits per heavy atom. The number of amides is 7. The fourth-order valence-electron chi connectivity index (χ4n) is 7.92. The van der Waals surface area contributed by atoms with Gasteiger partial charge in [-0.05, 0) is 68.6 Å². The number of ketones is 1. The highest BCUT2D eigenvalue weighted by Gasteiger charge is 2.54. The molecule has 4 aliphatic rings. The first-order chi connectivity index (χ1) is 25.6. The van der Waals surface area contributed by atoms with Gasteiger partial charge in [0, 0.05) is 12.1 Å². The van der Waals surface area contributed by atoms with Crippen LogP contribution < -0.4 is 31.9 Å². The average Bonchev–Trinajstić information content (AvgIpc) is 3.71. The van der Waals surface area contributed by atoms with E-state index in [9.17, 15) is 38.4 Å². The summed E-state index contributed by atoms with van der Waals surface area (Å²) in [6.07, 6.45) is 6.57. The maximum absolute atomic E-state index is 14.7. The van der Waals surface area contributed by atoms with E-state index in [1.807, 2.05) is 6.92 Å². The number of carbonyl (C=O) groups is 8. The number of methoxy groups -OCH3 is 2. The Kier molecular flexibility index (Phi) is 14.7. The van der Waals surface area contributed by atoms with E-state index in [1.165, 1.54) is 0 Å². The van der Waals surface area contributed by atoms with Crippen molar-refractivity contribution in [3.63, 3.8) is 0 Å². The lowest BCUT2D eigenvalue weighted by atomic mass is 9.81. The second-order valence-corrected chi connectivity index (χ2v) is 16.1. The van der Waals surface area contributed by atoms with Crippen molar-refractivity contribution >= 4 is 47.5 Å². The summed E-state index contributed by atoms with van der Waals surface area (Å²) in [7, 11) is 2.27. The van der Waals surface area contributed by atoms with Crippen molar-refractivity contribution in [1.82, 2.24) is 36.8 Å². The van der Waals surface area contributed by atoms with Crippen LogP contribution in [-0.4, -0.2) is 115 Å². The lowest BCUT2D eigenvalue weighted by molar-refractivity contribution is -0.149. The van der Waals surface area contributed by atoms with Crippen LogP contribution in [0.2, 0.25) is 0 Å². The van der Waals surface area contributed by atoms with Crippen molar-refractivity contribution in [2.45, 2.75) is 147 Å². The molecule has 1 aliphatic heterocycles. The molecular weight excluding hydrogens is 702 g/mol. The van der Waals surface area contributed by atoms with Crippen LogP contribution in [0.4, 0.5) is 9.59 Å². The summed E-state index contributed by atoms with van der Waals surface area (Å²) >= 11 is 0. The van der Waals surface area contributed by atoms with Gasteiger partial charge in [-0.2, -0.15) is 0 Å². The van der Waals surface area contributed by atoms with E-state index in [-0.39, 0.29) is 36.9 Å². The summed E-state index contributed by atoms with van der Waals surface area (Å²) in [6.45, 7) is 6.91. The predicted molar refractivity (Wildman–Crippen MR) is 194 cm³/mol. The molecule has 4 fully saturated rings. The molecule has 4 unspecified atom stereocenters. The number of carbonyl (C=O) groups excluding carboxylic acids is 8. The average molecular weight is 762 g/mol. The lowest BCUT2D eigenvalue weighted by Gasteiger charge is -2.41. The largest absolute Gasteiger partial charge is 0.453 e. The summed E-state index contributed by atoms with van der Waals surface area (Å²) in [6, 6.07) is -5.71. The van der Waals surface area contributed by atoms with Crippen LogP contribution in [0.5, 0.6) is 0 Å². The highest BCUT2D eigenvalue weighted by molar-refractivity contribution is 6.38. The van der Waals surface area contributed by atoms with E-state index in [0.717, 1.165) is 52.7 Å². The first kappa shape index (κ1) is 42.3. The van der Waals surface area contributed by atoms with Crippen molar-refractivity contribution in [3.8, 4) is 0 Å². The van der Waals surface area contributed by atoms with Gasteiger partial charge in [0.15, 0.2) is 0 Å². The topological polar surface area (TPSA) is 230 Å². The molecule has 3 aliphatic carbocycles. The van der Waals surface area contributed by atoms with Crippen LogP contribution in [0.1, 0.15) is 105 Å². The quantitative estimate of drug-likeness (QED) is 0.123. The summed E-state index contributed by atoms with van der Waals surface area (Å²) in [5.41, 5.74) is -0.836. The normalized spacial score (nSPS) is 23.1. The second kappa shape index (κ2) is 18.7. The molecule has 1 saturated heterocycles. The molecule has 17 nitrogen and oxygen atoms in total. The summed E-state index contributed by atoms with van der Waals surface area (Å²) in [5.74, 6) is -4.17. The number of hydrogen-bond donors (Lipinski definition) is 6. The third-order valence-corrected chi connectivity index (χ3v) is 11.0. The minimum Gasteiger partial charge on any atom is -0.453 e. The molecule has 0 aromatic rings. The van der Waals surface area contributed by atoms with Crippen LogP contribution in [0.25, 0.3) is 0 Å². The van der Waals surface area contributed by atoms with E-state index >= 15 is 0 Å². The van der Waals surface area contributed by atoms with Crippen molar-refractivity contribution in [2.24, 2.45) is 17.3 Å². The molecule has 7 amide bonds. The van der Waals surface area contributed by atoms with Gasteiger partial charge in [-0.25, -0.2) is 9.59 Å². The third kappa shape index (κ3) is 10.8. The third-order valence-electron chi connectivity index (χ3n) is 11.0. The van der Waals surface area contributed by atoms with Crippen LogP contribution >= 0.6 is 0 Å². The number of Topliss-reactive ketones (excluding diaryl/α,β-unsaturated/α-hetero) is 1. The Morgan fingerprint density at radius 1 is 0.759 bits per heavy atom. The van der Waals surface area contributed by atoms with E-state index in [1.54, 1.807) is 25.7 Å². The molecule has 4 rings (SSSR count). The van der Waals surface area contributed by atoms with E-state index in [4.69, 9.17) is 0 Å². The molecular formula is C37H59N7O10. The van der Waals surface area contributed by atoms with Gasteiger partial charge in [-0.1, -0.05) is 53.4 Å². The Morgan fingerprint density at radius 2 is 1.43 bits per heavy atom. The van der Waals surface area contributed by atoms with E-state index in [0.29, 0.717) is 32.1 Å². The van der Waals surface area contributed by atoms with Crippen molar-refractivity contribution in [2.75, 3.05) is 20.8 Å². The molecule has 7 atom stereocenters. The molecule has 17 heteroatoms. The zero-order valence-corrected chi connectivity index (χ0v) is 32.4. The molecule has 54 heavy (non-hydrogen) atoms. The molecule has 6 N–H and O–H groups in total. The summed E-state index contributed by atoms with van der Waals surface area (Å²) in [4.78, 5) is 108. The van der Waals surface area contributed by atoms with Gasteiger partial charge in [-0.3, -0.25) is 28.8 Å². The van der Waals surface area contributed by atoms with E-state index in [2.05, 4.69) is 41.4 Å². The molecule has 0 spiro atoms.